The molecule has 0 amide bonds. The Hall–Kier alpha value is -1.92. The van der Waals surface area contributed by atoms with Gasteiger partial charge < -0.3 is 14.4 Å². The van der Waals surface area contributed by atoms with Crippen LogP contribution in [0.1, 0.15) is 5.82 Å². The SMILES string of the molecule is COCc1nc(-c2ccccc2N2CCOCC2)n[nH]1. The Morgan fingerprint density at radius 3 is 2.90 bits per heavy atom. The predicted octanol–water partition coefficient (Wildman–Crippen LogP) is 1.45. The van der Waals surface area contributed by atoms with Crippen LogP contribution in [0.25, 0.3) is 11.4 Å². The van der Waals surface area contributed by atoms with Crippen LogP contribution in [-0.4, -0.2) is 48.6 Å². The van der Waals surface area contributed by atoms with Gasteiger partial charge in [-0.3, -0.25) is 5.10 Å². The molecule has 1 aromatic carbocycles. The minimum absolute atomic E-state index is 0.437. The van der Waals surface area contributed by atoms with Crippen molar-refractivity contribution < 1.29 is 9.47 Å². The molecule has 1 N–H and O–H groups in total. The number of hydrogen-bond donors (Lipinski definition) is 1. The molecule has 0 bridgehead atoms. The van der Waals surface area contributed by atoms with Gasteiger partial charge >= 0.3 is 0 Å². The summed E-state index contributed by atoms with van der Waals surface area (Å²) in [6.07, 6.45) is 0. The fraction of sp³-hybridized carbons (Fsp3) is 0.429. The van der Waals surface area contributed by atoms with E-state index in [9.17, 15) is 0 Å². The lowest BCUT2D eigenvalue weighted by molar-refractivity contribution is 0.123. The van der Waals surface area contributed by atoms with E-state index in [1.165, 1.54) is 0 Å². The van der Waals surface area contributed by atoms with Gasteiger partial charge in [0, 0.05) is 31.5 Å². The molecule has 3 rings (SSSR count). The van der Waals surface area contributed by atoms with E-state index < -0.39 is 0 Å². The first-order chi connectivity index (χ1) is 9.88. The second-order valence-corrected chi connectivity index (χ2v) is 4.66. The van der Waals surface area contributed by atoms with Crippen LogP contribution in [-0.2, 0) is 16.1 Å². The standard InChI is InChI=1S/C14H18N4O2/c1-19-10-13-15-14(17-16-13)11-4-2-3-5-12(11)18-6-8-20-9-7-18/h2-5H,6-10H2,1H3,(H,15,16,17). The summed E-state index contributed by atoms with van der Waals surface area (Å²) in [5.74, 6) is 1.44. The summed E-state index contributed by atoms with van der Waals surface area (Å²) in [5, 5.41) is 7.19. The summed E-state index contributed by atoms with van der Waals surface area (Å²) in [5.41, 5.74) is 2.19. The number of methoxy groups -OCH3 is 1. The maximum atomic E-state index is 5.41. The number of nitrogens with one attached hydrogen (secondary N) is 1. The Morgan fingerprint density at radius 1 is 1.30 bits per heavy atom. The summed E-state index contributed by atoms with van der Waals surface area (Å²) in [6.45, 7) is 3.75. The van der Waals surface area contributed by atoms with Gasteiger partial charge in [0.2, 0.25) is 0 Å². The zero-order valence-electron chi connectivity index (χ0n) is 11.5. The first-order valence-electron chi connectivity index (χ1n) is 6.71. The number of nitrogens with zero attached hydrogens (tertiary/aromatic N) is 3. The third kappa shape index (κ3) is 2.66. The molecule has 1 aliphatic rings. The number of hydrogen-bond acceptors (Lipinski definition) is 5. The number of H-pyrrole nitrogens is 1. The second kappa shape index (κ2) is 6.02. The van der Waals surface area contributed by atoms with Crippen LogP contribution in [0.2, 0.25) is 0 Å². The average molecular weight is 274 g/mol. The third-order valence-electron chi connectivity index (χ3n) is 3.31. The third-order valence-corrected chi connectivity index (χ3v) is 3.31. The predicted molar refractivity (Wildman–Crippen MR) is 75.6 cm³/mol. The van der Waals surface area contributed by atoms with Crippen LogP contribution in [0, 0.1) is 0 Å². The molecule has 1 aliphatic heterocycles. The molecule has 1 saturated heterocycles. The van der Waals surface area contributed by atoms with E-state index in [0.29, 0.717) is 12.4 Å². The maximum Gasteiger partial charge on any atom is 0.183 e. The van der Waals surface area contributed by atoms with Gasteiger partial charge in [-0.2, -0.15) is 5.10 Å². The van der Waals surface area contributed by atoms with Crippen LogP contribution >= 0.6 is 0 Å². The van der Waals surface area contributed by atoms with Crippen LogP contribution in [0.3, 0.4) is 0 Å². The van der Waals surface area contributed by atoms with Crippen molar-refractivity contribution in [1.29, 1.82) is 0 Å². The van der Waals surface area contributed by atoms with Crippen molar-refractivity contribution in [3.05, 3.63) is 30.1 Å². The van der Waals surface area contributed by atoms with Crippen LogP contribution in [0.15, 0.2) is 24.3 Å². The summed E-state index contributed by atoms with van der Waals surface area (Å²) in [6, 6.07) is 8.19. The molecule has 0 saturated carbocycles. The number of aromatic nitrogens is 3. The molecule has 2 aromatic rings. The van der Waals surface area contributed by atoms with Gasteiger partial charge in [-0.15, -0.1) is 0 Å². The molecular formula is C14H18N4O2. The van der Waals surface area contributed by atoms with Crippen molar-refractivity contribution in [2.75, 3.05) is 38.3 Å². The monoisotopic (exact) mass is 274 g/mol. The highest BCUT2D eigenvalue weighted by Gasteiger charge is 2.17. The van der Waals surface area contributed by atoms with Crippen molar-refractivity contribution >= 4 is 5.69 Å². The molecule has 6 heteroatoms. The van der Waals surface area contributed by atoms with E-state index in [1.54, 1.807) is 7.11 Å². The molecule has 106 valence electrons. The number of para-hydroxylation sites is 1. The Labute approximate surface area is 117 Å². The second-order valence-electron chi connectivity index (χ2n) is 4.66. The quantitative estimate of drug-likeness (QED) is 0.914. The molecule has 2 heterocycles. The molecule has 20 heavy (non-hydrogen) atoms. The zero-order valence-corrected chi connectivity index (χ0v) is 11.5. The fourth-order valence-electron chi connectivity index (χ4n) is 2.36. The van der Waals surface area contributed by atoms with Gasteiger partial charge in [0.15, 0.2) is 11.6 Å². The van der Waals surface area contributed by atoms with Crippen molar-refractivity contribution in [2.24, 2.45) is 0 Å². The van der Waals surface area contributed by atoms with Crippen molar-refractivity contribution in [3.8, 4) is 11.4 Å². The Morgan fingerprint density at radius 2 is 2.10 bits per heavy atom. The number of morpholine rings is 1. The van der Waals surface area contributed by atoms with Gasteiger partial charge in [0.05, 0.1) is 13.2 Å². The summed E-state index contributed by atoms with van der Waals surface area (Å²) in [4.78, 5) is 6.79. The van der Waals surface area contributed by atoms with E-state index in [0.717, 1.165) is 43.4 Å². The summed E-state index contributed by atoms with van der Waals surface area (Å²) in [7, 11) is 1.64. The number of rotatable bonds is 4. The van der Waals surface area contributed by atoms with Crippen LogP contribution in [0.5, 0.6) is 0 Å². The lowest BCUT2D eigenvalue weighted by Gasteiger charge is -2.30. The molecule has 0 unspecified atom stereocenters. The van der Waals surface area contributed by atoms with Crippen LogP contribution in [0.4, 0.5) is 5.69 Å². The highest BCUT2D eigenvalue weighted by Crippen LogP contribution is 2.28. The zero-order chi connectivity index (χ0) is 13.8. The molecule has 0 atom stereocenters. The minimum atomic E-state index is 0.437. The molecule has 0 aliphatic carbocycles. The Kier molecular flexibility index (Phi) is 3.94. The van der Waals surface area contributed by atoms with Gasteiger partial charge in [-0.25, -0.2) is 4.98 Å². The maximum absolute atomic E-state index is 5.41. The van der Waals surface area contributed by atoms with E-state index >= 15 is 0 Å². The first kappa shape index (κ1) is 13.1. The normalized spacial score (nSPS) is 15.6. The van der Waals surface area contributed by atoms with Crippen molar-refractivity contribution in [2.45, 2.75) is 6.61 Å². The number of benzene rings is 1. The topological polar surface area (TPSA) is 63.3 Å². The van der Waals surface area contributed by atoms with Crippen LogP contribution < -0.4 is 4.90 Å². The van der Waals surface area contributed by atoms with E-state index in [1.807, 2.05) is 18.2 Å². The number of anilines is 1. The number of ether oxygens (including phenoxy) is 2. The van der Waals surface area contributed by atoms with Crippen molar-refractivity contribution in [3.63, 3.8) is 0 Å². The lowest BCUT2D eigenvalue weighted by atomic mass is 10.1. The Balaban J connectivity index is 1.91. The van der Waals surface area contributed by atoms with Gasteiger partial charge in [0.1, 0.15) is 6.61 Å². The molecule has 1 fully saturated rings. The average Bonchev–Trinajstić information content (AvgIpc) is 2.97. The molecular weight excluding hydrogens is 256 g/mol. The number of aromatic amines is 1. The molecule has 0 spiro atoms. The highest BCUT2D eigenvalue weighted by molar-refractivity contribution is 5.74. The molecule has 1 aromatic heterocycles. The van der Waals surface area contributed by atoms with E-state index in [4.69, 9.17) is 9.47 Å². The van der Waals surface area contributed by atoms with Gasteiger partial charge in [0.25, 0.3) is 0 Å². The Bertz CT molecular complexity index is 564. The lowest BCUT2D eigenvalue weighted by Crippen LogP contribution is -2.36. The first-order valence-corrected chi connectivity index (χ1v) is 6.71. The smallest absolute Gasteiger partial charge is 0.183 e. The van der Waals surface area contributed by atoms with Crippen molar-refractivity contribution in [1.82, 2.24) is 15.2 Å². The minimum Gasteiger partial charge on any atom is -0.378 e. The van der Waals surface area contributed by atoms with Gasteiger partial charge in [-0.1, -0.05) is 12.1 Å². The van der Waals surface area contributed by atoms with Gasteiger partial charge in [-0.05, 0) is 12.1 Å². The van der Waals surface area contributed by atoms with E-state index in [2.05, 4.69) is 26.1 Å². The summed E-state index contributed by atoms with van der Waals surface area (Å²) < 4.78 is 10.5. The summed E-state index contributed by atoms with van der Waals surface area (Å²) >= 11 is 0. The molecule has 6 nitrogen and oxygen atoms in total. The molecule has 0 radical (unpaired) electrons. The highest BCUT2D eigenvalue weighted by atomic mass is 16.5. The largest absolute Gasteiger partial charge is 0.378 e. The van der Waals surface area contributed by atoms with E-state index in [-0.39, 0.29) is 0 Å². The fourth-order valence-corrected chi connectivity index (χ4v) is 2.36.